The summed E-state index contributed by atoms with van der Waals surface area (Å²) in [5, 5.41) is 10.5. The van der Waals surface area contributed by atoms with Crippen LogP contribution in [0.4, 0.5) is 4.39 Å². The number of benzene rings is 1. The van der Waals surface area contributed by atoms with Gasteiger partial charge in [0, 0.05) is 19.8 Å². The molecule has 9 heteroatoms. The number of nitrogens with zero attached hydrogens (tertiary/aromatic N) is 3. The van der Waals surface area contributed by atoms with E-state index in [1.54, 1.807) is 25.1 Å². The number of primary amides is 1. The lowest BCUT2D eigenvalue weighted by Crippen LogP contribution is -2.35. The summed E-state index contributed by atoms with van der Waals surface area (Å²) < 4.78 is 14.3. The highest BCUT2D eigenvalue weighted by molar-refractivity contribution is 6.00. The average molecular weight is 412 g/mol. The fraction of sp³-hybridized carbons (Fsp3) is 0.238. The van der Waals surface area contributed by atoms with Gasteiger partial charge in [-0.1, -0.05) is 12.1 Å². The number of halogens is 1. The normalized spacial score (nSPS) is 10.9. The lowest BCUT2D eigenvalue weighted by atomic mass is 10.0. The number of pyridine rings is 2. The Labute approximate surface area is 171 Å². The number of hydrogen-bond acceptors (Lipinski definition) is 5. The van der Waals surface area contributed by atoms with E-state index in [0.717, 1.165) is 10.1 Å². The molecule has 1 aromatic carbocycles. The summed E-state index contributed by atoms with van der Waals surface area (Å²) in [5.41, 5.74) is 6.05. The van der Waals surface area contributed by atoms with Crippen LogP contribution in [0.3, 0.4) is 0 Å². The van der Waals surface area contributed by atoms with Crippen molar-refractivity contribution in [1.82, 2.24) is 14.5 Å². The second-order valence-corrected chi connectivity index (χ2v) is 7.17. The monoisotopic (exact) mass is 412 g/mol. The fourth-order valence-corrected chi connectivity index (χ4v) is 3.14. The predicted molar refractivity (Wildman–Crippen MR) is 109 cm³/mol. The highest BCUT2D eigenvalue weighted by Crippen LogP contribution is 2.27. The van der Waals surface area contributed by atoms with Crippen molar-refractivity contribution in [2.75, 3.05) is 14.1 Å². The van der Waals surface area contributed by atoms with Crippen LogP contribution in [-0.2, 0) is 17.8 Å². The molecule has 0 atom stereocenters. The van der Waals surface area contributed by atoms with Gasteiger partial charge in [0.1, 0.15) is 23.4 Å². The van der Waals surface area contributed by atoms with E-state index in [2.05, 4.69) is 4.98 Å². The van der Waals surface area contributed by atoms with Crippen LogP contribution in [0.15, 0.2) is 35.1 Å². The van der Waals surface area contributed by atoms with Crippen LogP contribution in [0.5, 0.6) is 5.75 Å². The number of likely N-dealkylation sites (N-methyl/N-ethyl adjacent to an activating group) is 1. The van der Waals surface area contributed by atoms with Gasteiger partial charge < -0.3 is 15.7 Å². The molecule has 3 N–H and O–H groups in total. The molecule has 0 saturated heterocycles. The molecule has 0 aliphatic carbocycles. The smallest absolute Gasteiger partial charge is 0.268 e. The molecule has 0 aliphatic heterocycles. The van der Waals surface area contributed by atoms with E-state index in [1.165, 1.54) is 31.1 Å². The summed E-state index contributed by atoms with van der Waals surface area (Å²) in [6.45, 7) is 1.35. The van der Waals surface area contributed by atoms with E-state index < -0.39 is 22.8 Å². The standard InChI is InChI=1S/C21H21FN4O4/c1-11-13(8-12-4-6-14(22)7-5-12)9-15-18(24-11)19(28)17(20(23)29)21(30)26(15)10-16(27)25(2)3/h4-7,9,28H,8,10H2,1-3H3,(H2,23,29). The van der Waals surface area contributed by atoms with E-state index in [-0.39, 0.29) is 29.3 Å². The fourth-order valence-electron chi connectivity index (χ4n) is 3.14. The minimum atomic E-state index is -1.11. The van der Waals surface area contributed by atoms with E-state index in [4.69, 9.17) is 5.73 Å². The van der Waals surface area contributed by atoms with Crippen molar-refractivity contribution in [1.29, 1.82) is 0 Å². The molecule has 3 aromatic rings. The van der Waals surface area contributed by atoms with E-state index in [9.17, 15) is 23.9 Å². The molecule has 0 saturated carbocycles. The first kappa shape index (κ1) is 21.0. The van der Waals surface area contributed by atoms with Gasteiger partial charge in [-0.3, -0.25) is 19.0 Å². The predicted octanol–water partition coefficient (Wildman–Crippen LogP) is 1.33. The lowest BCUT2D eigenvalue weighted by molar-refractivity contribution is -0.129. The van der Waals surface area contributed by atoms with Gasteiger partial charge in [0.15, 0.2) is 5.75 Å². The zero-order valence-corrected chi connectivity index (χ0v) is 16.8. The molecule has 156 valence electrons. The number of fused-ring (bicyclic) bond motifs is 1. The van der Waals surface area contributed by atoms with Crippen LogP contribution in [0.1, 0.15) is 27.2 Å². The number of aryl methyl sites for hydroxylation is 1. The quantitative estimate of drug-likeness (QED) is 0.655. The van der Waals surface area contributed by atoms with Gasteiger partial charge in [-0.15, -0.1) is 0 Å². The van der Waals surface area contributed by atoms with Crippen LogP contribution >= 0.6 is 0 Å². The van der Waals surface area contributed by atoms with Crippen molar-refractivity contribution in [3.05, 3.63) is 68.9 Å². The molecule has 0 spiro atoms. The second kappa shape index (κ2) is 7.94. The third kappa shape index (κ3) is 3.86. The molecule has 0 aliphatic rings. The summed E-state index contributed by atoms with van der Waals surface area (Å²) in [4.78, 5) is 42.6. The second-order valence-electron chi connectivity index (χ2n) is 7.17. The third-order valence-electron chi connectivity index (χ3n) is 4.86. The molecule has 0 radical (unpaired) electrons. The molecule has 30 heavy (non-hydrogen) atoms. The number of amides is 2. The van der Waals surface area contributed by atoms with Gasteiger partial charge in [-0.2, -0.15) is 0 Å². The molecule has 2 aromatic heterocycles. The van der Waals surface area contributed by atoms with Crippen LogP contribution in [-0.4, -0.2) is 45.5 Å². The maximum atomic E-state index is 13.2. The maximum Gasteiger partial charge on any atom is 0.268 e. The topological polar surface area (TPSA) is 119 Å². The Hall–Kier alpha value is -3.75. The first-order valence-electron chi connectivity index (χ1n) is 9.10. The largest absolute Gasteiger partial charge is 0.505 e. The van der Waals surface area contributed by atoms with E-state index >= 15 is 0 Å². The molecule has 8 nitrogen and oxygen atoms in total. The number of rotatable bonds is 5. The molecule has 2 amide bonds. The highest BCUT2D eigenvalue weighted by atomic mass is 19.1. The van der Waals surface area contributed by atoms with Crippen LogP contribution < -0.4 is 11.3 Å². The maximum absolute atomic E-state index is 13.2. The number of nitrogens with two attached hydrogens (primary N) is 1. The van der Waals surface area contributed by atoms with Crippen molar-refractivity contribution in [2.24, 2.45) is 5.73 Å². The zero-order chi connectivity index (χ0) is 22.2. The minimum absolute atomic E-state index is 0.00434. The summed E-state index contributed by atoms with van der Waals surface area (Å²) in [6.07, 6.45) is 0.392. The first-order chi connectivity index (χ1) is 14.1. The molecule has 0 bridgehead atoms. The number of aromatic nitrogens is 2. The Morgan fingerprint density at radius 3 is 2.43 bits per heavy atom. The summed E-state index contributed by atoms with van der Waals surface area (Å²) in [7, 11) is 3.07. The molecule has 0 fully saturated rings. The lowest BCUT2D eigenvalue weighted by Gasteiger charge is -2.17. The Balaban J connectivity index is 2.26. The van der Waals surface area contributed by atoms with Crippen LogP contribution in [0.2, 0.25) is 0 Å². The Kier molecular flexibility index (Phi) is 5.55. The Morgan fingerprint density at radius 1 is 1.23 bits per heavy atom. The molecular weight excluding hydrogens is 391 g/mol. The Morgan fingerprint density at radius 2 is 1.87 bits per heavy atom. The SMILES string of the molecule is Cc1nc2c(O)c(C(N)=O)c(=O)n(CC(=O)N(C)C)c2cc1Cc1ccc(F)cc1. The van der Waals surface area contributed by atoms with Crippen molar-refractivity contribution >= 4 is 22.8 Å². The summed E-state index contributed by atoms with van der Waals surface area (Å²) in [5.74, 6) is -2.47. The van der Waals surface area contributed by atoms with Gasteiger partial charge in [0.05, 0.1) is 5.52 Å². The number of aromatic hydroxyl groups is 1. The van der Waals surface area contributed by atoms with E-state index in [0.29, 0.717) is 17.7 Å². The summed E-state index contributed by atoms with van der Waals surface area (Å²) in [6, 6.07) is 7.59. The van der Waals surface area contributed by atoms with Crippen molar-refractivity contribution in [3.63, 3.8) is 0 Å². The zero-order valence-electron chi connectivity index (χ0n) is 16.8. The highest BCUT2D eigenvalue weighted by Gasteiger charge is 2.23. The first-order valence-corrected chi connectivity index (χ1v) is 9.10. The molecule has 0 unspecified atom stereocenters. The number of hydrogen-bond donors (Lipinski definition) is 2. The average Bonchev–Trinajstić information content (AvgIpc) is 2.67. The summed E-state index contributed by atoms with van der Waals surface area (Å²) >= 11 is 0. The molecule has 2 heterocycles. The van der Waals surface area contributed by atoms with Crippen molar-refractivity contribution < 1.29 is 19.1 Å². The van der Waals surface area contributed by atoms with Gasteiger partial charge in [0.2, 0.25) is 5.91 Å². The number of carbonyl (C=O) groups excluding carboxylic acids is 2. The van der Waals surface area contributed by atoms with Gasteiger partial charge in [-0.05, 0) is 42.7 Å². The van der Waals surface area contributed by atoms with Gasteiger partial charge >= 0.3 is 0 Å². The van der Waals surface area contributed by atoms with E-state index in [1.807, 2.05) is 0 Å². The van der Waals surface area contributed by atoms with Gasteiger partial charge in [-0.25, -0.2) is 9.37 Å². The number of carbonyl (C=O) groups is 2. The minimum Gasteiger partial charge on any atom is -0.505 e. The van der Waals surface area contributed by atoms with Crippen LogP contribution in [0, 0.1) is 12.7 Å². The van der Waals surface area contributed by atoms with Crippen molar-refractivity contribution in [2.45, 2.75) is 19.9 Å². The third-order valence-corrected chi connectivity index (χ3v) is 4.86. The van der Waals surface area contributed by atoms with Crippen LogP contribution in [0.25, 0.3) is 11.0 Å². The molecule has 3 rings (SSSR count). The Bertz CT molecular complexity index is 1220. The van der Waals surface area contributed by atoms with Crippen molar-refractivity contribution in [3.8, 4) is 5.75 Å². The van der Waals surface area contributed by atoms with Gasteiger partial charge in [0.25, 0.3) is 11.5 Å². The molecular formula is C21H21FN4O4.